The molecule has 1 N–H and O–H groups in total. The van der Waals surface area contributed by atoms with Crippen molar-refractivity contribution in [3.63, 3.8) is 0 Å². The Morgan fingerprint density at radius 1 is 1.40 bits per heavy atom. The molecule has 3 unspecified atom stereocenters. The third-order valence-corrected chi connectivity index (χ3v) is 4.79. The van der Waals surface area contributed by atoms with E-state index in [0.717, 1.165) is 11.7 Å². The largest absolute Gasteiger partial charge is 0.336 e. The first-order valence-corrected chi connectivity index (χ1v) is 8.26. The maximum absolute atomic E-state index is 4.53. The van der Waals surface area contributed by atoms with Gasteiger partial charge in [-0.3, -0.25) is 0 Å². The van der Waals surface area contributed by atoms with Crippen LogP contribution in [0.25, 0.3) is 0 Å². The summed E-state index contributed by atoms with van der Waals surface area (Å²) in [5, 5.41) is 5.89. The van der Waals surface area contributed by atoms with E-state index >= 15 is 0 Å². The minimum Gasteiger partial charge on any atom is -0.336 e. The SMILES string of the molecule is CCC(C)CC(C)NC(c1cccs1)c1nccn1C. The Morgan fingerprint density at radius 2 is 2.20 bits per heavy atom. The van der Waals surface area contributed by atoms with Gasteiger partial charge in [0.1, 0.15) is 11.9 Å². The van der Waals surface area contributed by atoms with Crippen molar-refractivity contribution in [2.75, 3.05) is 0 Å². The fourth-order valence-corrected chi connectivity index (χ4v) is 3.30. The van der Waals surface area contributed by atoms with Crippen LogP contribution in [0.5, 0.6) is 0 Å². The number of aryl methyl sites for hydroxylation is 1. The van der Waals surface area contributed by atoms with Gasteiger partial charge in [-0.1, -0.05) is 26.3 Å². The molecule has 0 amide bonds. The highest BCUT2D eigenvalue weighted by atomic mass is 32.1. The Morgan fingerprint density at radius 3 is 2.75 bits per heavy atom. The first-order chi connectivity index (χ1) is 9.61. The van der Waals surface area contributed by atoms with Gasteiger partial charge in [0, 0.05) is 30.4 Å². The summed E-state index contributed by atoms with van der Waals surface area (Å²) in [5.74, 6) is 1.84. The summed E-state index contributed by atoms with van der Waals surface area (Å²) in [6, 6.07) is 4.96. The molecular weight excluding hydrogens is 266 g/mol. The highest BCUT2D eigenvalue weighted by Crippen LogP contribution is 2.26. The van der Waals surface area contributed by atoms with Crippen molar-refractivity contribution >= 4 is 11.3 Å². The van der Waals surface area contributed by atoms with Crippen LogP contribution in [-0.2, 0) is 7.05 Å². The highest BCUT2D eigenvalue weighted by Gasteiger charge is 2.21. The molecule has 4 heteroatoms. The van der Waals surface area contributed by atoms with Crippen LogP contribution in [0, 0.1) is 5.92 Å². The van der Waals surface area contributed by atoms with Gasteiger partial charge >= 0.3 is 0 Å². The molecule has 0 aliphatic heterocycles. The van der Waals surface area contributed by atoms with Gasteiger partial charge in [-0.2, -0.15) is 0 Å². The zero-order chi connectivity index (χ0) is 14.5. The summed E-state index contributed by atoms with van der Waals surface area (Å²) in [7, 11) is 2.06. The third kappa shape index (κ3) is 3.70. The number of imidazole rings is 1. The molecule has 0 fully saturated rings. The Bertz CT molecular complexity index is 504. The number of nitrogens with one attached hydrogen (secondary N) is 1. The minimum absolute atomic E-state index is 0.189. The number of nitrogens with zero attached hydrogens (tertiary/aromatic N) is 2. The molecule has 2 rings (SSSR count). The van der Waals surface area contributed by atoms with Crippen molar-refractivity contribution in [2.45, 2.75) is 45.7 Å². The number of rotatable bonds is 7. The third-order valence-electron chi connectivity index (χ3n) is 3.85. The van der Waals surface area contributed by atoms with Crippen LogP contribution in [0.15, 0.2) is 29.9 Å². The van der Waals surface area contributed by atoms with Crippen molar-refractivity contribution in [3.05, 3.63) is 40.6 Å². The zero-order valence-corrected chi connectivity index (χ0v) is 13.7. The molecule has 20 heavy (non-hydrogen) atoms. The van der Waals surface area contributed by atoms with E-state index in [-0.39, 0.29) is 6.04 Å². The molecule has 2 heterocycles. The fourth-order valence-electron chi connectivity index (χ4n) is 2.52. The Hall–Kier alpha value is -1.13. The van der Waals surface area contributed by atoms with E-state index in [1.165, 1.54) is 17.7 Å². The molecule has 3 atom stereocenters. The molecule has 0 spiro atoms. The van der Waals surface area contributed by atoms with Crippen molar-refractivity contribution < 1.29 is 0 Å². The normalized spacial score (nSPS) is 16.0. The Labute approximate surface area is 126 Å². The summed E-state index contributed by atoms with van der Waals surface area (Å²) in [6.45, 7) is 6.85. The second kappa shape index (κ2) is 7.04. The molecule has 2 aromatic heterocycles. The van der Waals surface area contributed by atoms with Gasteiger partial charge in [0.05, 0.1) is 0 Å². The second-order valence-corrected chi connectivity index (χ2v) is 6.64. The molecule has 0 aromatic carbocycles. The molecule has 0 saturated heterocycles. The highest BCUT2D eigenvalue weighted by molar-refractivity contribution is 7.10. The van der Waals surface area contributed by atoms with Gasteiger partial charge in [-0.15, -0.1) is 11.3 Å². The van der Waals surface area contributed by atoms with E-state index < -0.39 is 0 Å². The molecule has 0 saturated carbocycles. The minimum atomic E-state index is 0.189. The lowest BCUT2D eigenvalue weighted by molar-refractivity contribution is 0.387. The summed E-state index contributed by atoms with van der Waals surface area (Å²) in [5.41, 5.74) is 0. The van der Waals surface area contributed by atoms with E-state index in [4.69, 9.17) is 0 Å². The summed E-state index contributed by atoms with van der Waals surface area (Å²) < 4.78 is 2.10. The Kier molecular flexibility index (Phi) is 5.38. The first kappa shape index (κ1) is 15.3. The van der Waals surface area contributed by atoms with Crippen molar-refractivity contribution in [3.8, 4) is 0 Å². The van der Waals surface area contributed by atoms with Gasteiger partial charge in [0.15, 0.2) is 0 Å². The van der Waals surface area contributed by atoms with Crippen LogP contribution in [-0.4, -0.2) is 15.6 Å². The standard InChI is InChI=1S/C16H25N3S/c1-5-12(2)11-13(3)18-15(14-7-6-10-20-14)16-17-8-9-19(16)4/h6-10,12-13,15,18H,5,11H2,1-4H3. The maximum Gasteiger partial charge on any atom is 0.131 e. The van der Waals surface area contributed by atoms with E-state index in [9.17, 15) is 0 Å². The van der Waals surface area contributed by atoms with Crippen LogP contribution in [0.4, 0.5) is 0 Å². The summed E-state index contributed by atoms with van der Waals surface area (Å²) >= 11 is 1.79. The predicted molar refractivity (Wildman–Crippen MR) is 86.0 cm³/mol. The smallest absolute Gasteiger partial charge is 0.131 e. The van der Waals surface area contributed by atoms with Crippen molar-refractivity contribution in [2.24, 2.45) is 13.0 Å². The lowest BCUT2D eigenvalue weighted by Gasteiger charge is -2.24. The lowest BCUT2D eigenvalue weighted by atomic mass is 9.99. The molecule has 0 aliphatic carbocycles. The number of hydrogen-bond donors (Lipinski definition) is 1. The van der Waals surface area contributed by atoms with E-state index in [2.05, 4.69) is 60.2 Å². The van der Waals surface area contributed by atoms with E-state index in [1.54, 1.807) is 11.3 Å². The molecule has 110 valence electrons. The van der Waals surface area contributed by atoms with Crippen LogP contribution < -0.4 is 5.32 Å². The summed E-state index contributed by atoms with van der Waals surface area (Å²) in [4.78, 5) is 5.86. The average Bonchev–Trinajstić information content (AvgIpc) is 3.07. The van der Waals surface area contributed by atoms with E-state index in [0.29, 0.717) is 6.04 Å². The maximum atomic E-state index is 4.53. The van der Waals surface area contributed by atoms with Gasteiger partial charge < -0.3 is 9.88 Å². The topological polar surface area (TPSA) is 29.9 Å². The molecular formula is C16H25N3S. The van der Waals surface area contributed by atoms with Crippen LogP contribution in [0.1, 0.15) is 50.4 Å². The zero-order valence-electron chi connectivity index (χ0n) is 12.8. The van der Waals surface area contributed by atoms with Crippen molar-refractivity contribution in [1.29, 1.82) is 0 Å². The van der Waals surface area contributed by atoms with Gasteiger partial charge in [-0.05, 0) is 30.7 Å². The van der Waals surface area contributed by atoms with Gasteiger partial charge in [0.25, 0.3) is 0 Å². The summed E-state index contributed by atoms with van der Waals surface area (Å²) in [6.07, 6.45) is 6.31. The quantitative estimate of drug-likeness (QED) is 0.836. The lowest BCUT2D eigenvalue weighted by Crippen LogP contribution is -2.33. The monoisotopic (exact) mass is 291 g/mol. The number of thiophene rings is 1. The average molecular weight is 291 g/mol. The fraction of sp³-hybridized carbons (Fsp3) is 0.562. The van der Waals surface area contributed by atoms with Crippen LogP contribution in [0.2, 0.25) is 0 Å². The molecule has 2 aromatic rings. The van der Waals surface area contributed by atoms with Crippen LogP contribution >= 0.6 is 11.3 Å². The van der Waals surface area contributed by atoms with Crippen molar-refractivity contribution in [1.82, 2.24) is 14.9 Å². The number of aromatic nitrogens is 2. The Balaban J connectivity index is 2.14. The van der Waals surface area contributed by atoms with Gasteiger partial charge in [-0.25, -0.2) is 4.98 Å². The van der Waals surface area contributed by atoms with Gasteiger partial charge in [0.2, 0.25) is 0 Å². The molecule has 3 nitrogen and oxygen atoms in total. The predicted octanol–water partition coefficient (Wildman–Crippen LogP) is 3.99. The van der Waals surface area contributed by atoms with E-state index in [1.807, 2.05) is 12.4 Å². The molecule has 0 bridgehead atoms. The second-order valence-electron chi connectivity index (χ2n) is 5.66. The molecule has 0 radical (unpaired) electrons. The number of hydrogen-bond acceptors (Lipinski definition) is 3. The first-order valence-electron chi connectivity index (χ1n) is 7.38. The van der Waals surface area contributed by atoms with Crippen LogP contribution in [0.3, 0.4) is 0 Å². The molecule has 0 aliphatic rings.